The molecular formula is C6H9N3O3S. The number of aryl methyl sites for hydroxylation is 1. The first-order valence-corrected chi connectivity index (χ1v) is 5.45. The predicted molar refractivity (Wildman–Crippen MR) is 44.6 cm³/mol. The van der Waals surface area contributed by atoms with Crippen molar-refractivity contribution in [3.05, 3.63) is 5.69 Å². The molecule has 0 amide bonds. The Bertz CT molecular complexity index is 407. The van der Waals surface area contributed by atoms with Crippen molar-refractivity contribution in [1.82, 2.24) is 10.3 Å². The standard InChI is InChI=1S/C6H9N3O3S/c1-4-6(8-12-7-4)9-13(10,11)5-2-3-5/h5H,2-3H2,1H3,(H,8,9). The van der Waals surface area contributed by atoms with Gasteiger partial charge >= 0.3 is 0 Å². The van der Waals surface area contributed by atoms with E-state index in [1.165, 1.54) is 0 Å². The molecule has 2 rings (SSSR count). The molecule has 0 radical (unpaired) electrons. The van der Waals surface area contributed by atoms with Crippen LogP contribution in [0.15, 0.2) is 4.63 Å². The van der Waals surface area contributed by atoms with Gasteiger partial charge in [0.2, 0.25) is 15.8 Å². The molecule has 0 unspecified atom stereocenters. The van der Waals surface area contributed by atoms with Crippen molar-refractivity contribution >= 4 is 15.8 Å². The minimum atomic E-state index is -3.25. The maximum Gasteiger partial charge on any atom is 0.236 e. The second-order valence-corrected chi connectivity index (χ2v) is 5.01. The third-order valence-corrected chi connectivity index (χ3v) is 3.68. The van der Waals surface area contributed by atoms with E-state index >= 15 is 0 Å². The first-order valence-electron chi connectivity index (χ1n) is 3.90. The second-order valence-electron chi connectivity index (χ2n) is 3.04. The van der Waals surface area contributed by atoms with Crippen LogP contribution < -0.4 is 4.72 Å². The summed E-state index contributed by atoms with van der Waals surface area (Å²) >= 11 is 0. The van der Waals surface area contributed by atoms with Crippen molar-refractivity contribution in [2.75, 3.05) is 4.72 Å². The fourth-order valence-electron chi connectivity index (χ4n) is 0.921. The van der Waals surface area contributed by atoms with E-state index in [1.807, 2.05) is 0 Å². The van der Waals surface area contributed by atoms with Gasteiger partial charge < -0.3 is 0 Å². The SMILES string of the molecule is Cc1nonc1NS(=O)(=O)C1CC1. The molecule has 6 nitrogen and oxygen atoms in total. The van der Waals surface area contributed by atoms with E-state index in [0.29, 0.717) is 5.69 Å². The molecular weight excluding hydrogens is 194 g/mol. The first kappa shape index (κ1) is 8.49. The largest absolute Gasteiger partial charge is 0.263 e. The van der Waals surface area contributed by atoms with Crippen molar-refractivity contribution in [2.24, 2.45) is 0 Å². The van der Waals surface area contributed by atoms with Gasteiger partial charge in [-0.05, 0) is 24.9 Å². The van der Waals surface area contributed by atoms with Crippen LogP contribution in [-0.4, -0.2) is 24.0 Å². The maximum atomic E-state index is 11.4. The van der Waals surface area contributed by atoms with Crippen LogP contribution >= 0.6 is 0 Å². The second kappa shape index (κ2) is 2.69. The van der Waals surface area contributed by atoms with Gasteiger partial charge in [-0.1, -0.05) is 5.16 Å². The molecule has 1 N–H and O–H groups in total. The van der Waals surface area contributed by atoms with Crippen molar-refractivity contribution in [2.45, 2.75) is 25.0 Å². The van der Waals surface area contributed by atoms with Crippen LogP contribution in [0.5, 0.6) is 0 Å². The molecule has 1 saturated carbocycles. The minimum Gasteiger partial charge on any atom is -0.263 e. The van der Waals surface area contributed by atoms with Crippen LogP contribution in [0.25, 0.3) is 0 Å². The number of nitrogens with zero attached hydrogens (tertiary/aromatic N) is 2. The summed E-state index contributed by atoms with van der Waals surface area (Å²) in [4.78, 5) is 0. The smallest absolute Gasteiger partial charge is 0.236 e. The molecule has 0 atom stereocenters. The zero-order valence-corrected chi connectivity index (χ0v) is 7.84. The molecule has 0 spiro atoms. The Morgan fingerprint density at radius 1 is 1.46 bits per heavy atom. The number of rotatable bonds is 3. The van der Waals surface area contributed by atoms with Gasteiger partial charge in [0.15, 0.2) is 0 Å². The van der Waals surface area contributed by atoms with E-state index in [2.05, 4.69) is 19.7 Å². The number of aromatic nitrogens is 2. The number of anilines is 1. The number of hydrogen-bond acceptors (Lipinski definition) is 5. The highest BCUT2D eigenvalue weighted by atomic mass is 32.2. The van der Waals surface area contributed by atoms with Gasteiger partial charge in [0.1, 0.15) is 5.69 Å². The quantitative estimate of drug-likeness (QED) is 0.762. The predicted octanol–water partition coefficient (Wildman–Crippen LogP) is 0.282. The van der Waals surface area contributed by atoms with E-state index < -0.39 is 10.0 Å². The summed E-state index contributed by atoms with van der Waals surface area (Å²) in [7, 11) is -3.25. The highest BCUT2D eigenvalue weighted by Gasteiger charge is 2.36. The lowest BCUT2D eigenvalue weighted by Crippen LogP contribution is -2.18. The Balaban J connectivity index is 2.18. The molecule has 1 fully saturated rings. The monoisotopic (exact) mass is 203 g/mol. The van der Waals surface area contributed by atoms with E-state index in [-0.39, 0.29) is 11.1 Å². The Hall–Kier alpha value is -1.11. The zero-order valence-electron chi connectivity index (χ0n) is 7.02. The highest BCUT2D eigenvalue weighted by Crippen LogP contribution is 2.29. The highest BCUT2D eigenvalue weighted by molar-refractivity contribution is 7.93. The average molecular weight is 203 g/mol. The van der Waals surface area contributed by atoms with Gasteiger partial charge in [0, 0.05) is 0 Å². The molecule has 0 saturated heterocycles. The maximum absolute atomic E-state index is 11.4. The van der Waals surface area contributed by atoms with Crippen molar-refractivity contribution in [3.63, 3.8) is 0 Å². The molecule has 13 heavy (non-hydrogen) atoms. The van der Waals surface area contributed by atoms with Gasteiger partial charge in [0.05, 0.1) is 5.25 Å². The third kappa shape index (κ3) is 1.64. The summed E-state index contributed by atoms with van der Waals surface area (Å²) in [5.41, 5.74) is 0.448. The molecule has 1 aliphatic carbocycles. The van der Waals surface area contributed by atoms with Crippen LogP contribution in [0, 0.1) is 6.92 Å². The van der Waals surface area contributed by atoms with Crippen LogP contribution in [0.3, 0.4) is 0 Å². The Kier molecular flexibility index (Phi) is 1.76. The molecule has 0 bridgehead atoms. The molecule has 0 aromatic carbocycles. The van der Waals surface area contributed by atoms with E-state index in [1.54, 1.807) is 6.92 Å². The Morgan fingerprint density at radius 2 is 2.15 bits per heavy atom. The number of sulfonamides is 1. The summed E-state index contributed by atoms with van der Waals surface area (Å²) in [5.74, 6) is 0.187. The normalized spacial score (nSPS) is 17.3. The summed E-state index contributed by atoms with van der Waals surface area (Å²) in [6.07, 6.45) is 1.44. The Morgan fingerprint density at radius 3 is 2.62 bits per heavy atom. The summed E-state index contributed by atoms with van der Waals surface area (Å²) in [6.45, 7) is 1.63. The molecule has 1 heterocycles. The van der Waals surface area contributed by atoms with Gasteiger partial charge in [0.25, 0.3) is 0 Å². The van der Waals surface area contributed by atoms with Gasteiger partial charge in [-0.2, -0.15) is 0 Å². The lowest BCUT2D eigenvalue weighted by molar-refractivity contribution is 0.306. The van der Waals surface area contributed by atoms with Crippen LogP contribution in [0.1, 0.15) is 18.5 Å². The van der Waals surface area contributed by atoms with Crippen molar-refractivity contribution in [1.29, 1.82) is 0 Å². The molecule has 72 valence electrons. The minimum absolute atomic E-state index is 0.187. The summed E-state index contributed by atoms with van der Waals surface area (Å²) < 4.78 is 29.5. The molecule has 1 aromatic heterocycles. The van der Waals surface area contributed by atoms with Crippen LogP contribution in [0.4, 0.5) is 5.82 Å². The third-order valence-electron chi connectivity index (χ3n) is 1.85. The van der Waals surface area contributed by atoms with Crippen molar-refractivity contribution in [3.8, 4) is 0 Å². The average Bonchev–Trinajstić information content (AvgIpc) is 2.80. The molecule has 1 aromatic rings. The van der Waals surface area contributed by atoms with E-state index in [4.69, 9.17) is 0 Å². The van der Waals surface area contributed by atoms with Gasteiger partial charge in [-0.25, -0.2) is 13.0 Å². The van der Waals surface area contributed by atoms with Crippen LogP contribution in [0.2, 0.25) is 0 Å². The zero-order chi connectivity index (χ0) is 9.47. The first-order chi connectivity index (χ1) is 6.09. The lowest BCUT2D eigenvalue weighted by atomic mass is 10.5. The fraction of sp³-hybridized carbons (Fsp3) is 0.667. The van der Waals surface area contributed by atoms with Gasteiger partial charge in [-0.3, -0.25) is 4.72 Å². The fourth-order valence-corrected chi connectivity index (χ4v) is 2.30. The molecule has 7 heteroatoms. The molecule has 1 aliphatic rings. The van der Waals surface area contributed by atoms with E-state index in [0.717, 1.165) is 12.8 Å². The van der Waals surface area contributed by atoms with Crippen LogP contribution in [-0.2, 0) is 10.0 Å². The Labute approximate surface area is 75.3 Å². The van der Waals surface area contributed by atoms with Gasteiger partial charge in [-0.15, -0.1) is 0 Å². The number of hydrogen-bond donors (Lipinski definition) is 1. The van der Waals surface area contributed by atoms with E-state index in [9.17, 15) is 8.42 Å². The summed E-state index contributed by atoms with van der Waals surface area (Å²) in [6, 6.07) is 0. The topological polar surface area (TPSA) is 85.1 Å². The van der Waals surface area contributed by atoms with Crippen molar-refractivity contribution < 1.29 is 13.0 Å². The molecule has 0 aliphatic heterocycles. The summed E-state index contributed by atoms with van der Waals surface area (Å²) in [5, 5.41) is 6.64. The lowest BCUT2D eigenvalue weighted by Gasteiger charge is -2.01. The number of nitrogens with one attached hydrogen (secondary N) is 1.